The minimum atomic E-state index is -0.399. The van der Waals surface area contributed by atoms with Crippen LogP contribution in [-0.4, -0.2) is 22.7 Å². The van der Waals surface area contributed by atoms with Gasteiger partial charge in [-0.05, 0) is 35.3 Å². The van der Waals surface area contributed by atoms with Gasteiger partial charge in [0.05, 0.1) is 0 Å². The van der Waals surface area contributed by atoms with E-state index in [1.54, 1.807) is 0 Å². The van der Waals surface area contributed by atoms with Crippen molar-refractivity contribution in [1.29, 1.82) is 0 Å². The third-order valence-corrected chi connectivity index (χ3v) is 2.19. The Morgan fingerprint density at radius 1 is 1.71 bits per heavy atom. The standard InChI is InChI=1S/C9H12BrFN2O/c1-6(2-3-14)13-9-8(11)4-7(10)5-12-9/h4-6,14H,2-3H2,1H3,(H,12,13). The van der Waals surface area contributed by atoms with E-state index < -0.39 is 5.82 Å². The first-order valence-corrected chi connectivity index (χ1v) is 5.11. The number of anilines is 1. The summed E-state index contributed by atoms with van der Waals surface area (Å²) in [7, 11) is 0. The summed E-state index contributed by atoms with van der Waals surface area (Å²) in [6, 6.07) is 1.35. The number of aliphatic hydroxyl groups is 1. The molecule has 0 amide bonds. The molecule has 1 aromatic heterocycles. The number of aliphatic hydroxyl groups excluding tert-OH is 1. The van der Waals surface area contributed by atoms with Crippen LogP contribution in [0, 0.1) is 5.82 Å². The zero-order valence-electron chi connectivity index (χ0n) is 7.80. The molecule has 0 bridgehead atoms. The van der Waals surface area contributed by atoms with Gasteiger partial charge in [0.2, 0.25) is 0 Å². The summed E-state index contributed by atoms with van der Waals surface area (Å²) in [6.07, 6.45) is 2.09. The number of aromatic nitrogens is 1. The predicted octanol–water partition coefficient (Wildman–Crippen LogP) is 2.17. The van der Waals surface area contributed by atoms with Crippen molar-refractivity contribution < 1.29 is 9.50 Å². The molecule has 0 radical (unpaired) electrons. The molecule has 78 valence electrons. The highest BCUT2D eigenvalue weighted by molar-refractivity contribution is 9.10. The fourth-order valence-corrected chi connectivity index (χ4v) is 1.32. The lowest BCUT2D eigenvalue weighted by atomic mass is 10.2. The molecule has 0 aliphatic heterocycles. The summed E-state index contributed by atoms with van der Waals surface area (Å²) < 4.78 is 13.8. The molecule has 3 nitrogen and oxygen atoms in total. The van der Waals surface area contributed by atoms with Crippen LogP contribution in [0.5, 0.6) is 0 Å². The molecule has 1 heterocycles. The zero-order valence-corrected chi connectivity index (χ0v) is 9.38. The van der Waals surface area contributed by atoms with Gasteiger partial charge < -0.3 is 10.4 Å². The van der Waals surface area contributed by atoms with Crippen molar-refractivity contribution in [3.8, 4) is 0 Å². The van der Waals surface area contributed by atoms with E-state index in [0.717, 1.165) is 0 Å². The van der Waals surface area contributed by atoms with Crippen molar-refractivity contribution in [3.05, 3.63) is 22.6 Å². The zero-order chi connectivity index (χ0) is 10.6. The molecule has 0 spiro atoms. The lowest BCUT2D eigenvalue weighted by molar-refractivity contribution is 0.282. The summed E-state index contributed by atoms with van der Waals surface area (Å²) in [5, 5.41) is 11.5. The molecule has 5 heteroatoms. The Hall–Kier alpha value is -0.680. The van der Waals surface area contributed by atoms with E-state index in [9.17, 15) is 4.39 Å². The first-order valence-electron chi connectivity index (χ1n) is 4.32. The van der Waals surface area contributed by atoms with Crippen LogP contribution in [0.1, 0.15) is 13.3 Å². The van der Waals surface area contributed by atoms with Crippen molar-refractivity contribution in [1.82, 2.24) is 4.98 Å². The van der Waals surface area contributed by atoms with E-state index >= 15 is 0 Å². The van der Waals surface area contributed by atoms with Gasteiger partial charge >= 0.3 is 0 Å². The molecule has 0 aliphatic carbocycles. The first-order chi connectivity index (χ1) is 6.63. The van der Waals surface area contributed by atoms with Crippen molar-refractivity contribution in [2.75, 3.05) is 11.9 Å². The Morgan fingerprint density at radius 3 is 3.00 bits per heavy atom. The van der Waals surface area contributed by atoms with Gasteiger partial charge in [0.1, 0.15) is 0 Å². The van der Waals surface area contributed by atoms with Gasteiger partial charge in [0, 0.05) is 23.3 Å². The van der Waals surface area contributed by atoms with E-state index in [2.05, 4.69) is 26.2 Å². The quantitative estimate of drug-likeness (QED) is 0.875. The second-order valence-electron chi connectivity index (χ2n) is 3.04. The SMILES string of the molecule is CC(CCO)Nc1ncc(Br)cc1F. The maximum Gasteiger partial charge on any atom is 0.166 e. The van der Waals surface area contributed by atoms with Crippen LogP contribution in [0.15, 0.2) is 16.7 Å². The lowest BCUT2D eigenvalue weighted by Crippen LogP contribution is -2.18. The van der Waals surface area contributed by atoms with Crippen molar-refractivity contribution in [3.63, 3.8) is 0 Å². The Labute approximate surface area is 90.5 Å². The van der Waals surface area contributed by atoms with Crippen LogP contribution in [0.25, 0.3) is 0 Å². The highest BCUT2D eigenvalue weighted by atomic mass is 79.9. The van der Waals surface area contributed by atoms with Gasteiger partial charge in [-0.25, -0.2) is 9.37 Å². The molecule has 0 aliphatic rings. The Kier molecular flexibility index (Phi) is 4.28. The molecule has 0 aromatic carbocycles. The third kappa shape index (κ3) is 3.23. The van der Waals surface area contributed by atoms with Crippen molar-refractivity contribution in [2.45, 2.75) is 19.4 Å². The smallest absolute Gasteiger partial charge is 0.166 e. The van der Waals surface area contributed by atoms with Gasteiger partial charge in [-0.15, -0.1) is 0 Å². The molecular formula is C9H12BrFN2O. The second kappa shape index (κ2) is 5.26. The van der Waals surface area contributed by atoms with Gasteiger partial charge in [0.25, 0.3) is 0 Å². The fourth-order valence-electron chi connectivity index (χ4n) is 1.02. The molecule has 0 fully saturated rings. The van der Waals surface area contributed by atoms with Crippen LogP contribution in [-0.2, 0) is 0 Å². The average Bonchev–Trinajstić information content (AvgIpc) is 2.10. The number of nitrogens with one attached hydrogen (secondary N) is 1. The molecule has 2 N–H and O–H groups in total. The first kappa shape index (κ1) is 11.4. The molecule has 0 saturated heterocycles. The molecule has 1 rings (SSSR count). The summed E-state index contributed by atoms with van der Waals surface area (Å²) in [6.45, 7) is 1.94. The largest absolute Gasteiger partial charge is 0.396 e. The topological polar surface area (TPSA) is 45.1 Å². The number of halogens is 2. The average molecular weight is 263 g/mol. The van der Waals surface area contributed by atoms with Crippen LogP contribution >= 0.6 is 15.9 Å². The van der Waals surface area contributed by atoms with Crippen LogP contribution < -0.4 is 5.32 Å². The minimum absolute atomic E-state index is 0.00294. The van der Waals surface area contributed by atoms with E-state index in [1.807, 2.05) is 6.92 Å². The molecule has 1 atom stereocenters. The van der Waals surface area contributed by atoms with E-state index in [0.29, 0.717) is 10.9 Å². The highest BCUT2D eigenvalue weighted by Crippen LogP contribution is 2.16. The van der Waals surface area contributed by atoms with Gasteiger partial charge in [-0.1, -0.05) is 0 Å². The monoisotopic (exact) mass is 262 g/mol. The second-order valence-corrected chi connectivity index (χ2v) is 3.96. The van der Waals surface area contributed by atoms with Gasteiger partial charge in [-0.3, -0.25) is 0 Å². The summed E-state index contributed by atoms with van der Waals surface area (Å²) in [5.74, 6) is -0.182. The van der Waals surface area contributed by atoms with Crippen molar-refractivity contribution >= 4 is 21.7 Å². The van der Waals surface area contributed by atoms with E-state index in [1.165, 1.54) is 12.3 Å². The fraction of sp³-hybridized carbons (Fsp3) is 0.444. The highest BCUT2D eigenvalue weighted by Gasteiger charge is 2.07. The van der Waals surface area contributed by atoms with Gasteiger partial charge in [-0.2, -0.15) is 0 Å². The van der Waals surface area contributed by atoms with E-state index in [4.69, 9.17) is 5.11 Å². The Bertz CT molecular complexity index is 309. The number of pyridine rings is 1. The maximum atomic E-state index is 13.2. The molecule has 1 unspecified atom stereocenters. The Balaban J connectivity index is 2.67. The van der Waals surface area contributed by atoms with Gasteiger partial charge in [0.15, 0.2) is 11.6 Å². The number of nitrogens with zero attached hydrogens (tertiary/aromatic N) is 1. The Morgan fingerprint density at radius 2 is 2.43 bits per heavy atom. The molecule has 14 heavy (non-hydrogen) atoms. The summed E-state index contributed by atoms with van der Waals surface area (Å²) in [4.78, 5) is 3.89. The summed E-state index contributed by atoms with van der Waals surface area (Å²) >= 11 is 3.12. The van der Waals surface area contributed by atoms with Crippen LogP contribution in [0.4, 0.5) is 10.2 Å². The van der Waals surface area contributed by atoms with Crippen LogP contribution in [0.2, 0.25) is 0 Å². The minimum Gasteiger partial charge on any atom is -0.396 e. The maximum absolute atomic E-state index is 13.2. The normalized spacial score (nSPS) is 12.6. The van der Waals surface area contributed by atoms with Crippen molar-refractivity contribution in [2.24, 2.45) is 0 Å². The lowest BCUT2D eigenvalue weighted by Gasteiger charge is -2.13. The molecule has 0 saturated carbocycles. The van der Waals surface area contributed by atoms with Crippen LogP contribution in [0.3, 0.4) is 0 Å². The summed E-state index contributed by atoms with van der Waals surface area (Å²) in [5.41, 5.74) is 0. The third-order valence-electron chi connectivity index (χ3n) is 1.75. The number of hydrogen-bond donors (Lipinski definition) is 2. The molecular weight excluding hydrogens is 251 g/mol. The molecule has 1 aromatic rings. The number of rotatable bonds is 4. The number of hydrogen-bond acceptors (Lipinski definition) is 3. The van der Waals surface area contributed by atoms with E-state index in [-0.39, 0.29) is 18.5 Å². The predicted molar refractivity (Wildman–Crippen MR) is 56.7 cm³/mol.